The van der Waals surface area contributed by atoms with Crippen molar-refractivity contribution >= 4 is 27.9 Å². The Labute approximate surface area is 169 Å². The number of oxazole rings is 1. The minimum Gasteiger partial charge on any atom is -0.440 e. The molecule has 1 saturated heterocycles. The van der Waals surface area contributed by atoms with E-state index in [4.69, 9.17) is 4.42 Å². The van der Waals surface area contributed by atoms with Gasteiger partial charge >= 0.3 is 0 Å². The maximum atomic E-state index is 13.3. The molecular formula is C24H23N3O2. The number of amides is 1. The zero-order valence-electron chi connectivity index (χ0n) is 16.7. The van der Waals surface area contributed by atoms with Gasteiger partial charge in [-0.05, 0) is 57.0 Å². The van der Waals surface area contributed by atoms with Gasteiger partial charge in [0.05, 0.1) is 11.1 Å². The quantitative estimate of drug-likeness (QED) is 0.486. The number of aromatic nitrogens is 2. The minimum atomic E-state index is 0.0853. The predicted molar refractivity (Wildman–Crippen MR) is 113 cm³/mol. The summed E-state index contributed by atoms with van der Waals surface area (Å²) < 4.78 is 5.95. The molecule has 146 valence electrons. The van der Waals surface area contributed by atoms with Crippen LogP contribution in [-0.2, 0) is 0 Å². The standard InChI is InChI=1S/C24H23N3O2/c1-15-7-8-20-18(13-15)19(14-16(2)25-20)24(28)27-11-9-17(10-12-27)23-26-21-5-3-4-6-22(21)29-23/h3-8,13-14,17H,9-12H2,1-2H3. The molecule has 5 heteroatoms. The number of aryl methyl sites for hydroxylation is 2. The second-order valence-corrected chi connectivity index (χ2v) is 7.92. The van der Waals surface area contributed by atoms with E-state index in [2.05, 4.69) is 16.0 Å². The summed E-state index contributed by atoms with van der Waals surface area (Å²) in [6.45, 7) is 5.39. The third kappa shape index (κ3) is 3.27. The fourth-order valence-corrected chi connectivity index (χ4v) is 4.21. The van der Waals surface area contributed by atoms with Crippen molar-refractivity contribution in [2.24, 2.45) is 0 Å². The summed E-state index contributed by atoms with van der Waals surface area (Å²) in [5.41, 5.74) is 5.35. The highest BCUT2D eigenvalue weighted by Crippen LogP contribution is 2.31. The molecule has 0 unspecified atom stereocenters. The maximum absolute atomic E-state index is 13.3. The highest BCUT2D eigenvalue weighted by molar-refractivity contribution is 6.06. The summed E-state index contributed by atoms with van der Waals surface area (Å²) in [6, 6.07) is 15.9. The van der Waals surface area contributed by atoms with Gasteiger partial charge in [0.15, 0.2) is 11.5 Å². The van der Waals surface area contributed by atoms with Crippen LogP contribution < -0.4 is 0 Å². The van der Waals surface area contributed by atoms with Gasteiger partial charge < -0.3 is 9.32 Å². The number of nitrogens with zero attached hydrogens (tertiary/aromatic N) is 3. The Morgan fingerprint density at radius 2 is 1.79 bits per heavy atom. The van der Waals surface area contributed by atoms with Crippen LogP contribution in [0.15, 0.2) is 52.9 Å². The molecule has 0 spiro atoms. The van der Waals surface area contributed by atoms with E-state index in [0.29, 0.717) is 13.1 Å². The SMILES string of the molecule is Cc1ccc2nc(C)cc(C(=O)N3CCC(c4nc5ccccc5o4)CC3)c2c1. The lowest BCUT2D eigenvalue weighted by atomic mass is 9.95. The van der Waals surface area contributed by atoms with Gasteiger partial charge in [-0.25, -0.2) is 4.98 Å². The Kier molecular flexibility index (Phi) is 4.31. The molecule has 1 amide bonds. The van der Waals surface area contributed by atoms with E-state index < -0.39 is 0 Å². The largest absolute Gasteiger partial charge is 0.440 e. The van der Waals surface area contributed by atoms with Crippen LogP contribution in [0.4, 0.5) is 0 Å². The smallest absolute Gasteiger partial charge is 0.254 e. The number of carbonyl (C=O) groups excluding carboxylic acids is 1. The first-order valence-corrected chi connectivity index (χ1v) is 10.1. The van der Waals surface area contributed by atoms with Crippen LogP contribution in [-0.4, -0.2) is 33.9 Å². The molecule has 29 heavy (non-hydrogen) atoms. The van der Waals surface area contributed by atoms with Crippen LogP contribution >= 0.6 is 0 Å². The summed E-state index contributed by atoms with van der Waals surface area (Å²) in [6.07, 6.45) is 1.72. The predicted octanol–water partition coefficient (Wildman–Crippen LogP) is 5.01. The number of rotatable bonds is 2. The zero-order chi connectivity index (χ0) is 20.0. The van der Waals surface area contributed by atoms with E-state index in [0.717, 1.165) is 57.6 Å². The lowest BCUT2D eigenvalue weighted by Crippen LogP contribution is -2.38. The fourth-order valence-electron chi connectivity index (χ4n) is 4.21. The molecule has 1 aliphatic rings. The molecule has 5 nitrogen and oxygen atoms in total. The van der Waals surface area contributed by atoms with Crippen molar-refractivity contribution in [3.8, 4) is 0 Å². The maximum Gasteiger partial charge on any atom is 0.254 e. The van der Waals surface area contributed by atoms with Crippen LogP contribution in [0.3, 0.4) is 0 Å². The van der Waals surface area contributed by atoms with Crippen molar-refractivity contribution in [3.05, 3.63) is 71.2 Å². The summed E-state index contributed by atoms with van der Waals surface area (Å²) in [4.78, 5) is 24.5. The molecule has 3 heterocycles. The average Bonchev–Trinajstić information content (AvgIpc) is 3.17. The van der Waals surface area contributed by atoms with Crippen molar-refractivity contribution < 1.29 is 9.21 Å². The first-order chi connectivity index (χ1) is 14.1. The van der Waals surface area contributed by atoms with Crippen molar-refractivity contribution in [1.29, 1.82) is 0 Å². The fraction of sp³-hybridized carbons (Fsp3) is 0.292. The topological polar surface area (TPSA) is 59.2 Å². The molecule has 0 aliphatic carbocycles. The molecule has 1 fully saturated rings. The Balaban J connectivity index is 1.37. The van der Waals surface area contributed by atoms with Gasteiger partial charge in [-0.1, -0.05) is 23.8 Å². The Bertz CT molecular complexity index is 1190. The van der Waals surface area contributed by atoms with Crippen molar-refractivity contribution in [1.82, 2.24) is 14.9 Å². The van der Waals surface area contributed by atoms with Crippen LogP contribution in [0.1, 0.15) is 46.3 Å². The summed E-state index contributed by atoms with van der Waals surface area (Å²) >= 11 is 0. The first kappa shape index (κ1) is 17.9. The van der Waals surface area contributed by atoms with E-state index in [1.165, 1.54) is 0 Å². The number of hydrogen-bond acceptors (Lipinski definition) is 4. The lowest BCUT2D eigenvalue weighted by molar-refractivity contribution is 0.0708. The monoisotopic (exact) mass is 385 g/mol. The number of piperidine rings is 1. The van der Waals surface area contributed by atoms with E-state index >= 15 is 0 Å². The Hall–Kier alpha value is -3.21. The molecule has 5 rings (SSSR count). The molecule has 0 radical (unpaired) electrons. The van der Waals surface area contributed by atoms with Gasteiger partial charge in [0.1, 0.15) is 5.52 Å². The normalized spacial score (nSPS) is 15.3. The van der Waals surface area contributed by atoms with E-state index in [1.807, 2.05) is 61.2 Å². The molecule has 2 aromatic heterocycles. The Morgan fingerprint density at radius 3 is 2.59 bits per heavy atom. The molecule has 0 saturated carbocycles. The molecule has 0 N–H and O–H groups in total. The molecule has 4 aromatic rings. The summed E-state index contributed by atoms with van der Waals surface area (Å²) in [5.74, 6) is 1.13. The van der Waals surface area contributed by atoms with E-state index in [9.17, 15) is 4.79 Å². The molecule has 0 bridgehead atoms. The molecule has 0 atom stereocenters. The van der Waals surface area contributed by atoms with Crippen molar-refractivity contribution in [2.75, 3.05) is 13.1 Å². The summed E-state index contributed by atoms with van der Waals surface area (Å²) in [5, 5.41) is 0.932. The van der Waals surface area contributed by atoms with Gasteiger partial charge in [0.25, 0.3) is 5.91 Å². The van der Waals surface area contributed by atoms with Crippen molar-refractivity contribution in [2.45, 2.75) is 32.6 Å². The zero-order valence-corrected chi connectivity index (χ0v) is 16.7. The Morgan fingerprint density at radius 1 is 1.00 bits per heavy atom. The van der Waals surface area contributed by atoms with Gasteiger partial charge in [-0.15, -0.1) is 0 Å². The van der Waals surface area contributed by atoms with Crippen LogP contribution in [0.2, 0.25) is 0 Å². The number of benzene rings is 2. The molecule has 2 aromatic carbocycles. The third-order valence-corrected chi connectivity index (χ3v) is 5.76. The van der Waals surface area contributed by atoms with Gasteiger partial charge in [-0.3, -0.25) is 9.78 Å². The number of pyridine rings is 1. The van der Waals surface area contributed by atoms with E-state index in [1.54, 1.807) is 0 Å². The lowest BCUT2D eigenvalue weighted by Gasteiger charge is -2.31. The second-order valence-electron chi connectivity index (χ2n) is 7.92. The third-order valence-electron chi connectivity index (χ3n) is 5.76. The molecule has 1 aliphatic heterocycles. The average molecular weight is 385 g/mol. The van der Waals surface area contributed by atoms with Gasteiger partial charge in [0.2, 0.25) is 0 Å². The van der Waals surface area contributed by atoms with Crippen LogP contribution in [0, 0.1) is 13.8 Å². The number of hydrogen-bond donors (Lipinski definition) is 0. The number of para-hydroxylation sites is 2. The molecular weight excluding hydrogens is 362 g/mol. The number of likely N-dealkylation sites (tertiary alicyclic amines) is 1. The van der Waals surface area contributed by atoms with Crippen molar-refractivity contribution in [3.63, 3.8) is 0 Å². The van der Waals surface area contributed by atoms with Crippen LogP contribution in [0.5, 0.6) is 0 Å². The summed E-state index contributed by atoms with van der Waals surface area (Å²) in [7, 11) is 0. The van der Waals surface area contributed by atoms with Gasteiger partial charge in [-0.2, -0.15) is 0 Å². The highest BCUT2D eigenvalue weighted by Gasteiger charge is 2.28. The first-order valence-electron chi connectivity index (χ1n) is 10.1. The van der Waals surface area contributed by atoms with Gasteiger partial charge in [0, 0.05) is 30.1 Å². The second kappa shape index (κ2) is 6.99. The highest BCUT2D eigenvalue weighted by atomic mass is 16.3. The minimum absolute atomic E-state index is 0.0853. The number of carbonyl (C=O) groups is 1. The van der Waals surface area contributed by atoms with E-state index in [-0.39, 0.29) is 11.8 Å². The number of fused-ring (bicyclic) bond motifs is 2. The van der Waals surface area contributed by atoms with Crippen LogP contribution in [0.25, 0.3) is 22.0 Å².